The lowest BCUT2D eigenvalue weighted by Crippen LogP contribution is -2.29. The number of nitrogens with zero attached hydrogens (tertiary/aromatic N) is 3. The molecule has 124 valence electrons. The van der Waals surface area contributed by atoms with Crippen molar-refractivity contribution >= 4 is 11.9 Å². The normalized spacial score (nSPS) is 23.2. The molecular weight excluding hydrogens is 306 g/mol. The summed E-state index contributed by atoms with van der Waals surface area (Å²) in [6.07, 6.45) is -1.57. The number of carbonyl (C=O) groups is 2. The first-order valence-corrected chi connectivity index (χ1v) is 7.08. The number of esters is 2. The van der Waals surface area contributed by atoms with Crippen LogP contribution in [0.1, 0.15) is 41.8 Å². The van der Waals surface area contributed by atoms with Crippen LogP contribution < -0.4 is 0 Å². The van der Waals surface area contributed by atoms with Gasteiger partial charge in [-0.05, 0) is 25.4 Å². The Morgan fingerprint density at radius 2 is 2.26 bits per heavy atom. The Kier molecular flexibility index (Phi) is 5.25. The molecule has 3 atom stereocenters. The van der Waals surface area contributed by atoms with Gasteiger partial charge in [-0.3, -0.25) is 4.79 Å². The van der Waals surface area contributed by atoms with E-state index in [0.29, 0.717) is 11.5 Å². The molecule has 0 N–H and O–H groups in total. The summed E-state index contributed by atoms with van der Waals surface area (Å²) in [4.78, 5) is 25.8. The number of aryl methyl sites for hydroxylation is 1. The van der Waals surface area contributed by atoms with E-state index in [0.717, 1.165) is 0 Å². The van der Waals surface area contributed by atoms with Gasteiger partial charge in [0.25, 0.3) is 0 Å². The van der Waals surface area contributed by atoms with Crippen molar-refractivity contribution in [3.05, 3.63) is 33.6 Å². The third-order valence-electron chi connectivity index (χ3n) is 3.34. The Hall–Kier alpha value is -2.51. The van der Waals surface area contributed by atoms with Crippen LogP contribution in [0.3, 0.4) is 0 Å². The molecule has 0 saturated carbocycles. The maximum atomic E-state index is 11.8. The molecule has 1 aromatic heterocycles. The Balaban J connectivity index is 2.29. The third kappa shape index (κ3) is 3.64. The number of furan rings is 1. The summed E-state index contributed by atoms with van der Waals surface area (Å²) in [5, 5.41) is 3.57. The van der Waals surface area contributed by atoms with Crippen molar-refractivity contribution in [1.29, 1.82) is 0 Å². The predicted molar refractivity (Wildman–Crippen MR) is 76.6 cm³/mol. The lowest BCUT2D eigenvalue weighted by atomic mass is 10.1. The van der Waals surface area contributed by atoms with Crippen LogP contribution in [0.4, 0.5) is 0 Å². The fraction of sp³-hybridized carbons (Fsp3) is 0.571. The summed E-state index contributed by atoms with van der Waals surface area (Å²) in [7, 11) is 0. The van der Waals surface area contributed by atoms with Crippen molar-refractivity contribution < 1.29 is 28.2 Å². The smallest absolute Gasteiger partial charge is 0.341 e. The van der Waals surface area contributed by atoms with Gasteiger partial charge in [0.1, 0.15) is 29.2 Å². The number of rotatable bonds is 5. The minimum absolute atomic E-state index is 0.0845. The molecule has 0 unspecified atom stereocenters. The topological polar surface area (TPSA) is 124 Å². The standard InChI is InChI=1S/C14H17N3O6/c1-4-20-14(19)9-5-11(22-7(9)2)13-12(23-8(3)18)10(6-21-13)16-17-15/h5,10,12-13H,4,6H2,1-3H3/t10-,12+,13-/m0/s1. The highest BCUT2D eigenvalue weighted by atomic mass is 16.6. The van der Waals surface area contributed by atoms with E-state index in [4.69, 9.17) is 24.2 Å². The zero-order chi connectivity index (χ0) is 17.0. The highest BCUT2D eigenvalue weighted by Gasteiger charge is 2.42. The molecule has 9 nitrogen and oxygen atoms in total. The summed E-state index contributed by atoms with van der Waals surface area (Å²) in [5.41, 5.74) is 8.87. The molecule has 23 heavy (non-hydrogen) atoms. The van der Waals surface area contributed by atoms with Gasteiger partial charge in [-0.1, -0.05) is 5.11 Å². The second-order valence-electron chi connectivity index (χ2n) is 4.94. The molecule has 1 aromatic rings. The second kappa shape index (κ2) is 7.17. The van der Waals surface area contributed by atoms with Gasteiger partial charge in [0, 0.05) is 11.8 Å². The van der Waals surface area contributed by atoms with Crippen LogP contribution in [0.5, 0.6) is 0 Å². The van der Waals surface area contributed by atoms with Crippen LogP contribution in [-0.4, -0.2) is 37.3 Å². The minimum Gasteiger partial charge on any atom is -0.463 e. The van der Waals surface area contributed by atoms with Crippen LogP contribution in [0, 0.1) is 6.92 Å². The first-order valence-electron chi connectivity index (χ1n) is 7.08. The molecular formula is C14H17N3O6. The van der Waals surface area contributed by atoms with Crippen molar-refractivity contribution in [3.8, 4) is 0 Å². The average molecular weight is 323 g/mol. The van der Waals surface area contributed by atoms with E-state index in [9.17, 15) is 9.59 Å². The molecule has 0 aromatic carbocycles. The molecule has 2 rings (SSSR count). The summed E-state index contributed by atoms with van der Waals surface area (Å²) < 4.78 is 21.2. The molecule has 2 heterocycles. The molecule has 1 saturated heterocycles. The Bertz CT molecular complexity index is 649. The van der Waals surface area contributed by atoms with Gasteiger partial charge in [0.05, 0.1) is 13.2 Å². The molecule has 1 aliphatic heterocycles. The zero-order valence-corrected chi connectivity index (χ0v) is 13.0. The van der Waals surface area contributed by atoms with Gasteiger partial charge in [-0.2, -0.15) is 0 Å². The first-order chi connectivity index (χ1) is 11.0. The van der Waals surface area contributed by atoms with Gasteiger partial charge in [0.2, 0.25) is 0 Å². The molecule has 0 radical (unpaired) electrons. The van der Waals surface area contributed by atoms with Crippen molar-refractivity contribution in [3.63, 3.8) is 0 Å². The molecule has 1 fully saturated rings. The van der Waals surface area contributed by atoms with Crippen molar-refractivity contribution in [2.75, 3.05) is 13.2 Å². The van der Waals surface area contributed by atoms with E-state index >= 15 is 0 Å². The fourth-order valence-electron chi connectivity index (χ4n) is 2.39. The number of carbonyl (C=O) groups excluding carboxylic acids is 2. The van der Waals surface area contributed by atoms with Crippen LogP contribution in [-0.2, 0) is 19.0 Å². The average Bonchev–Trinajstić information content (AvgIpc) is 3.03. The van der Waals surface area contributed by atoms with E-state index in [-0.39, 0.29) is 18.8 Å². The largest absolute Gasteiger partial charge is 0.463 e. The van der Waals surface area contributed by atoms with Crippen molar-refractivity contribution in [2.45, 2.75) is 39.0 Å². The van der Waals surface area contributed by atoms with Crippen LogP contribution in [0.15, 0.2) is 15.6 Å². The van der Waals surface area contributed by atoms with Crippen LogP contribution >= 0.6 is 0 Å². The lowest BCUT2D eigenvalue weighted by molar-refractivity contribution is -0.150. The quantitative estimate of drug-likeness (QED) is 0.355. The molecule has 9 heteroatoms. The van der Waals surface area contributed by atoms with E-state index in [1.54, 1.807) is 13.8 Å². The maximum absolute atomic E-state index is 11.8. The Morgan fingerprint density at radius 3 is 2.87 bits per heavy atom. The third-order valence-corrected chi connectivity index (χ3v) is 3.34. The van der Waals surface area contributed by atoms with Gasteiger partial charge in [-0.25, -0.2) is 4.79 Å². The molecule has 0 spiro atoms. The minimum atomic E-state index is -0.816. The highest BCUT2D eigenvalue weighted by Crippen LogP contribution is 2.35. The molecule has 0 aliphatic carbocycles. The van der Waals surface area contributed by atoms with Crippen LogP contribution in [0.2, 0.25) is 0 Å². The van der Waals surface area contributed by atoms with Crippen molar-refractivity contribution in [2.24, 2.45) is 5.11 Å². The second-order valence-corrected chi connectivity index (χ2v) is 4.94. The number of hydrogen-bond acceptors (Lipinski definition) is 7. The maximum Gasteiger partial charge on any atom is 0.341 e. The Labute approximate surface area is 132 Å². The summed E-state index contributed by atoms with van der Waals surface area (Å²) in [6.45, 7) is 4.90. The van der Waals surface area contributed by atoms with E-state index in [1.807, 2.05) is 0 Å². The Morgan fingerprint density at radius 1 is 1.52 bits per heavy atom. The van der Waals surface area contributed by atoms with Gasteiger partial charge in [-0.15, -0.1) is 0 Å². The highest BCUT2D eigenvalue weighted by molar-refractivity contribution is 5.90. The fourth-order valence-corrected chi connectivity index (χ4v) is 2.39. The lowest BCUT2D eigenvalue weighted by Gasteiger charge is -2.18. The monoisotopic (exact) mass is 323 g/mol. The van der Waals surface area contributed by atoms with E-state index < -0.39 is 30.2 Å². The molecule has 0 amide bonds. The van der Waals surface area contributed by atoms with Gasteiger partial charge < -0.3 is 18.6 Å². The summed E-state index contributed by atoms with van der Waals surface area (Å²) in [5.74, 6) is -0.352. The summed E-state index contributed by atoms with van der Waals surface area (Å²) >= 11 is 0. The van der Waals surface area contributed by atoms with Crippen molar-refractivity contribution in [1.82, 2.24) is 0 Å². The molecule has 1 aliphatic rings. The first kappa shape index (κ1) is 16.9. The van der Waals surface area contributed by atoms with Gasteiger partial charge in [0.15, 0.2) is 6.10 Å². The predicted octanol–water partition coefficient (Wildman–Crippen LogP) is 2.45. The van der Waals surface area contributed by atoms with Crippen LogP contribution in [0.25, 0.3) is 10.4 Å². The SMILES string of the molecule is CCOC(=O)c1cc([C@@H]2OC[C@H](N=[N+]=[N-])[C@H]2OC(C)=O)oc1C. The van der Waals surface area contributed by atoms with E-state index in [1.165, 1.54) is 13.0 Å². The summed E-state index contributed by atoms with van der Waals surface area (Å²) in [6, 6.07) is 0.831. The molecule has 0 bridgehead atoms. The van der Waals surface area contributed by atoms with E-state index in [2.05, 4.69) is 10.0 Å². The van der Waals surface area contributed by atoms with Gasteiger partial charge >= 0.3 is 11.9 Å². The zero-order valence-electron chi connectivity index (χ0n) is 13.0. The number of azide groups is 1. The number of ether oxygens (including phenoxy) is 3. The number of hydrogen-bond donors (Lipinski definition) is 0.